The fourth-order valence-electron chi connectivity index (χ4n) is 1.35. The van der Waals surface area contributed by atoms with E-state index in [4.69, 9.17) is 0 Å². The minimum absolute atomic E-state index is 0.00421. The molecule has 5 nitrogen and oxygen atoms in total. The highest BCUT2D eigenvalue weighted by Crippen LogP contribution is 2.16. The van der Waals surface area contributed by atoms with E-state index in [0.29, 0.717) is 17.7 Å². The first-order valence-electron chi connectivity index (χ1n) is 5.09. The summed E-state index contributed by atoms with van der Waals surface area (Å²) in [6.07, 6.45) is 0.859. The molecule has 0 atom stereocenters. The van der Waals surface area contributed by atoms with Crippen molar-refractivity contribution in [1.82, 2.24) is 5.32 Å². The average molecular weight is 222 g/mol. The molecule has 16 heavy (non-hydrogen) atoms. The summed E-state index contributed by atoms with van der Waals surface area (Å²) < 4.78 is 0. The number of hydrogen-bond acceptors (Lipinski definition) is 3. The number of nitro groups is 1. The van der Waals surface area contributed by atoms with E-state index in [2.05, 4.69) is 5.32 Å². The van der Waals surface area contributed by atoms with Crippen LogP contribution in [0.4, 0.5) is 5.69 Å². The Bertz CT molecular complexity index is 416. The van der Waals surface area contributed by atoms with E-state index in [1.165, 1.54) is 18.2 Å². The van der Waals surface area contributed by atoms with E-state index in [-0.39, 0.29) is 11.6 Å². The highest BCUT2D eigenvalue weighted by atomic mass is 16.6. The highest BCUT2D eigenvalue weighted by molar-refractivity contribution is 5.95. The van der Waals surface area contributed by atoms with Crippen molar-refractivity contribution in [2.75, 3.05) is 6.54 Å². The molecule has 5 heteroatoms. The summed E-state index contributed by atoms with van der Waals surface area (Å²) in [6.45, 7) is 4.26. The van der Waals surface area contributed by atoms with Crippen molar-refractivity contribution < 1.29 is 9.72 Å². The third-order valence-corrected chi connectivity index (χ3v) is 2.20. The zero-order chi connectivity index (χ0) is 12.1. The van der Waals surface area contributed by atoms with Crippen molar-refractivity contribution in [3.8, 4) is 0 Å². The minimum atomic E-state index is -0.472. The van der Waals surface area contributed by atoms with Crippen LogP contribution in [0.5, 0.6) is 0 Å². The topological polar surface area (TPSA) is 72.2 Å². The van der Waals surface area contributed by atoms with Crippen LogP contribution in [-0.4, -0.2) is 17.4 Å². The van der Waals surface area contributed by atoms with Gasteiger partial charge in [-0.3, -0.25) is 14.9 Å². The number of hydrogen-bond donors (Lipinski definition) is 1. The van der Waals surface area contributed by atoms with Gasteiger partial charge < -0.3 is 5.32 Å². The van der Waals surface area contributed by atoms with Crippen LogP contribution in [0.25, 0.3) is 0 Å². The van der Waals surface area contributed by atoms with E-state index in [0.717, 1.165) is 6.42 Å². The minimum Gasteiger partial charge on any atom is -0.352 e. The molecule has 0 aromatic heterocycles. The van der Waals surface area contributed by atoms with Gasteiger partial charge in [-0.05, 0) is 25.0 Å². The number of nitrogens with zero attached hydrogens (tertiary/aromatic N) is 1. The Balaban J connectivity index is 2.90. The summed E-state index contributed by atoms with van der Waals surface area (Å²) >= 11 is 0. The van der Waals surface area contributed by atoms with Crippen LogP contribution < -0.4 is 5.32 Å². The predicted molar refractivity (Wildman–Crippen MR) is 60.5 cm³/mol. The van der Waals surface area contributed by atoms with E-state index < -0.39 is 4.92 Å². The SMILES string of the molecule is CCCNC(=O)c1ccc([N+](=O)[O-])cc1C. The lowest BCUT2D eigenvalue weighted by atomic mass is 10.1. The second-order valence-corrected chi connectivity index (χ2v) is 3.51. The molecule has 0 aliphatic heterocycles. The van der Waals surface area contributed by atoms with E-state index in [9.17, 15) is 14.9 Å². The molecule has 1 amide bonds. The van der Waals surface area contributed by atoms with Crippen molar-refractivity contribution in [3.05, 3.63) is 39.4 Å². The average Bonchev–Trinajstić information content (AvgIpc) is 2.25. The zero-order valence-electron chi connectivity index (χ0n) is 9.32. The molecule has 1 N–H and O–H groups in total. The number of aryl methyl sites for hydroxylation is 1. The van der Waals surface area contributed by atoms with Gasteiger partial charge in [0.15, 0.2) is 0 Å². The number of benzene rings is 1. The van der Waals surface area contributed by atoms with Crippen molar-refractivity contribution in [2.45, 2.75) is 20.3 Å². The molecule has 0 fully saturated rings. The molecule has 0 heterocycles. The Morgan fingerprint density at radius 2 is 2.19 bits per heavy atom. The third kappa shape index (κ3) is 2.79. The molecule has 0 radical (unpaired) electrons. The van der Waals surface area contributed by atoms with Crippen LogP contribution in [0.3, 0.4) is 0 Å². The van der Waals surface area contributed by atoms with Gasteiger partial charge in [0.05, 0.1) is 4.92 Å². The Kier molecular flexibility index (Phi) is 3.99. The third-order valence-electron chi connectivity index (χ3n) is 2.20. The first-order valence-corrected chi connectivity index (χ1v) is 5.09. The summed E-state index contributed by atoms with van der Waals surface area (Å²) in [5.41, 5.74) is 1.10. The molecule has 1 aromatic carbocycles. The monoisotopic (exact) mass is 222 g/mol. The van der Waals surface area contributed by atoms with Crippen LogP contribution >= 0.6 is 0 Å². The van der Waals surface area contributed by atoms with Gasteiger partial charge in [0, 0.05) is 24.2 Å². The maximum atomic E-state index is 11.6. The van der Waals surface area contributed by atoms with Gasteiger partial charge in [-0.25, -0.2) is 0 Å². The second kappa shape index (κ2) is 5.25. The first-order chi connectivity index (χ1) is 7.56. The largest absolute Gasteiger partial charge is 0.352 e. The molecular formula is C11H14N2O3. The van der Waals surface area contributed by atoms with Crippen molar-refractivity contribution >= 4 is 11.6 Å². The summed E-state index contributed by atoms with van der Waals surface area (Å²) in [4.78, 5) is 21.7. The summed E-state index contributed by atoms with van der Waals surface area (Å²) in [5.74, 6) is -0.186. The van der Waals surface area contributed by atoms with Gasteiger partial charge in [-0.2, -0.15) is 0 Å². The standard InChI is InChI=1S/C11H14N2O3/c1-3-6-12-11(14)10-5-4-9(13(15)16)7-8(10)2/h4-5,7H,3,6H2,1-2H3,(H,12,14). The molecule has 86 valence electrons. The number of nitrogens with one attached hydrogen (secondary N) is 1. The first kappa shape index (κ1) is 12.2. The predicted octanol–water partition coefficient (Wildman–Crippen LogP) is 2.04. The molecule has 1 rings (SSSR count). The molecule has 0 bridgehead atoms. The second-order valence-electron chi connectivity index (χ2n) is 3.51. The van der Waals surface area contributed by atoms with Gasteiger partial charge in [0.1, 0.15) is 0 Å². The van der Waals surface area contributed by atoms with Crippen LogP contribution in [0.2, 0.25) is 0 Å². The number of carbonyl (C=O) groups excluding carboxylic acids is 1. The van der Waals surface area contributed by atoms with Gasteiger partial charge >= 0.3 is 0 Å². The normalized spacial score (nSPS) is 9.88. The fraction of sp³-hybridized carbons (Fsp3) is 0.364. The molecule has 0 unspecified atom stereocenters. The van der Waals surface area contributed by atoms with Crippen LogP contribution in [0, 0.1) is 17.0 Å². The van der Waals surface area contributed by atoms with E-state index in [1.54, 1.807) is 6.92 Å². The van der Waals surface area contributed by atoms with E-state index in [1.807, 2.05) is 6.92 Å². The molecule has 0 spiro atoms. The van der Waals surface area contributed by atoms with Gasteiger partial charge in [0.2, 0.25) is 0 Å². The fourth-order valence-corrected chi connectivity index (χ4v) is 1.35. The Morgan fingerprint density at radius 3 is 2.69 bits per heavy atom. The molecule has 1 aromatic rings. The van der Waals surface area contributed by atoms with Gasteiger partial charge in [-0.1, -0.05) is 6.92 Å². The van der Waals surface area contributed by atoms with Gasteiger partial charge in [-0.15, -0.1) is 0 Å². The lowest BCUT2D eigenvalue weighted by molar-refractivity contribution is -0.384. The maximum Gasteiger partial charge on any atom is 0.269 e. The van der Waals surface area contributed by atoms with Crippen LogP contribution in [0.1, 0.15) is 29.3 Å². The molecule has 0 saturated heterocycles. The summed E-state index contributed by atoms with van der Waals surface area (Å²) in [7, 11) is 0. The van der Waals surface area contributed by atoms with Crippen molar-refractivity contribution in [2.24, 2.45) is 0 Å². The lowest BCUT2D eigenvalue weighted by Gasteiger charge is -2.06. The molecule has 0 aliphatic rings. The quantitative estimate of drug-likeness (QED) is 0.625. The number of non-ortho nitro benzene ring substituents is 1. The van der Waals surface area contributed by atoms with Crippen molar-refractivity contribution in [1.29, 1.82) is 0 Å². The van der Waals surface area contributed by atoms with Crippen LogP contribution in [-0.2, 0) is 0 Å². The maximum absolute atomic E-state index is 11.6. The Hall–Kier alpha value is -1.91. The number of carbonyl (C=O) groups is 1. The Labute approximate surface area is 93.6 Å². The molecule has 0 saturated carbocycles. The number of amides is 1. The Morgan fingerprint density at radius 1 is 1.50 bits per heavy atom. The molecular weight excluding hydrogens is 208 g/mol. The number of rotatable bonds is 4. The number of nitro benzene ring substituents is 1. The summed E-state index contributed by atoms with van der Waals surface area (Å²) in [5, 5.41) is 13.2. The lowest BCUT2D eigenvalue weighted by Crippen LogP contribution is -2.24. The van der Waals surface area contributed by atoms with Crippen LogP contribution in [0.15, 0.2) is 18.2 Å². The highest BCUT2D eigenvalue weighted by Gasteiger charge is 2.12. The van der Waals surface area contributed by atoms with Gasteiger partial charge in [0.25, 0.3) is 11.6 Å². The smallest absolute Gasteiger partial charge is 0.269 e. The zero-order valence-corrected chi connectivity index (χ0v) is 9.32. The molecule has 0 aliphatic carbocycles. The summed E-state index contributed by atoms with van der Waals surface area (Å²) in [6, 6.07) is 4.23. The van der Waals surface area contributed by atoms with Crippen molar-refractivity contribution in [3.63, 3.8) is 0 Å². The van der Waals surface area contributed by atoms with E-state index >= 15 is 0 Å².